The van der Waals surface area contributed by atoms with Crippen LogP contribution < -0.4 is 0 Å². The molecule has 0 amide bonds. The molecule has 12 atom stereocenters. The molecule has 31 heavy (non-hydrogen) atoms. The summed E-state index contributed by atoms with van der Waals surface area (Å²) in [6, 6.07) is 0. The maximum Gasteiger partial charge on any atom is 0.334 e. The molecule has 4 saturated carbocycles. The third kappa shape index (κ3) is 3.66. The van der Waals surface area contributed by atoms with Crippen LogP contribution in [0.3, 0.4) is 0 Å². The fourth-order valence-electron chi connectivity index (χ4n) is 8.93. The van der Waals surface area contributed by atoms with Crippen LogP contribution in [-0.4, -0.2) is 57.9 Å². The normalized spacial score (nSPS) is 51.2. The zero-order valence-electron chi connectivity index (χ0n) is 19.5. The van der Waals surface area contributed by atoms with Gasteiger partial charge in [0.25, 0.3) is 0 Å². The summed E-state index contributed by atoms with van der Waals surface area (Å²) >= 11 is 0. The first-order valence-electron chi connectivity index (χ1n) is 12.3. The summed E-state index contributed by atoms with van der Waals surface area (Å²) in [4.78, 5) is 11.7. The van der Waals surface area contributed by atoms with Gasteiger partial charge in [-0.05, 0) is 97.7 Å². The van der Waals surface area contributed by atoms with E-state index in [2.05, 4.69) is 20.8 Å². The first-order chi connectivity index (χ1) is 14.5. The van der Waals surface area contributed by atoms with Crippen LogP contribution in [0.25, 0.3) is 0 Å². The maximum absolute atomic E-state index is 11.7. The van der Waals surface area contributed by atoms with E-state index in [4.69, 9.17) is 4.74 Å². The van der Waals surface area contributed by atoms with Gasteiger partial charge in [-0.15, -0.1) is 0 Å². The number of fused-ring (bicyclic) bond motifs is 5. The largest absolute Gasteiger partial charge is 0.467 e. The minimum atomic E-state index is -1.13. The van der Waals surface area contributed by atoms with Gasteiger partial charge in [0.2, 0.25) is 0 Å². The topological polar surface area (TPSA) is 107 Å². The molecule has 4 N–H and O–H groups in total. The van der Waals surface area contributed by atoms with Crippen LogP contribution in [0.4, 0.5) is 0 Å². The van der Waals surface area contributed by atoms with Gasteiger partial charge < -0.3 is 25.2 Å². The van der Waals surface area contributed by atoms with Crippen LogP contribution in [0, 0.1) is 46.3 Å². The molecular formula is C25H42O6. The third-order valence-corrected chi connectivity index (χ3v) is 10.5. The van der Waals surface area contributed by atoms with Gasteiger partial charge >= 0.3 is 5.97 Å². The average Bonchev–Trinajstić information content (AvgIpc) is 2.99. The van der Waals surface area contributed by atoms with Gasteiger partial charge in [-0.3, -0.25) is 0 Å². The number of carbonyl (C=O) groups excluding carboxylic acids is 1. The summed E-state index contributed by atoms with van der Waals surface area (Å²) in [7, 11) is 1.29. The van der Waals surface area contributed by atoms with Crippen LogP contribution in [0.2, 0.25) is 0 Å². The second-order valence-electron chi connectivity index (χ2n) is 11.8. The number of methoxy groups -OCH3 is 1. The van der Waals surface area contributed by atoms with Gasteiger partial charge in [-0.25, -0.2) is 4.79 Å². The lowest BCUT2D eigenvalue weighted by molar-refractivity contribution is -0.185. The molecule has 6 nitrogen and oxygen atoms in total. The van der Waals surface area contributed by atoms with Crippen LogP contribution in [0.15, 0.2) is 0 Å². The summed E-state index contributed by atoms with van der Waals surface area (Å²) < 4.78 is 4.69. The summed E-state index contributed by atoms with van der Waals surface area (Å²) in [6.07, 6.45) is 4.06. The van der Waals surface area contributed by atoms with E-state index >= 15 is 0 Å². The van der Waals surface area contributed by atoms with Gasteiger partial charge in [0.15, 0.2) is 6.10 Å². The van der Waals surface area contributed by atoms with Crippen molar-refractivity contribution in [3.05, 3.63) is 0 Å². The minimum Gasteiger partial charge on any atom is -0.467 e. The Kier molecular flexibility index (Phi) is 6.26. The summed E-state index contributed by atoms with van der Waals surface area (Å²) in [6.45, 7) is 6.70. The Hall–Kier alpha value is -0.690. The summed E-state index contributed by atoms with van der Waals surface area (Å²) in [5.41, 5.74) is 0.00313. The molecule has 0 aromatic heterocycles. The highest BCUT2D eigenvalue weighted by molar-refractivity contribution is 5.74. The predicted molar refractivity (Wildman–Crippen MR) is 116 cm³/mol. The van der Waals surface area contributed by atoms with Crippen LogP contribution in [0.5, 0.6) is 0 Å². The van der Waals surface area contributed by atoms with Crippen LogP contribution in [0.1, 0.15) is 72.1 Å². The van der Waals surface area contributed by atoms with Crippen LogP contribution >= 0.6 is 0 Å². The molecule has 4 aliphatic rings. The second kappa shape index (κ2) is 8.27. The van der Waals surface area contributed by atoms with Crippen LogP contribution in [-0.2, 0) is 9.53 Å². The predicted octanol–water partition coefficient (Wildman–Crippen LogP) is 2.51. The van der Waals surface area contributed by atoms with Crippen molar-refractivity contribution in [1.29, 1.82) is 0 Å². The Morgan fingerprint density at radius 3 is 2.39 bits per heavy atom. The highest BCUT2D eigenvalue weighted by atomic mass is 16.5. The zero-order valence-corrected chi connectivity index (χ0v) is 19.5. The maximum atomic E-state index is 11.7. The molecule has 0 radical (unpaired) electrons. The number of hydrogen-bond donors (Lipinski definition) is 4. The van der Waals surface area contributed by atoms with Crippen molar-refractivity contribution in [2.75, 3.05) is 7.11 Å². The molecule has 0 spiro atoms. The van der Waals surface area contributed by atoms with Crippen molar-refractivity contribution in [3.8, 4) is 0 Å². The molecule has 4 fully saturated rings. The molecule has 4 aliphatic carbocycles. The SMILES string of the molecule is COC(=O)[C@@H](O)C[C@@H](C)C1C[C@H](O)[C@H]2C3C(O)C[C@@H]4C[C@H](O)CC[C@]4(C)C3CC[C@]12C. The Morgan fingerprint density at radius 1 is 1.03 bits per heavy atom. The zero-order chi connectivity index (χ0) is 22.7. The third-order valence-electron chi connectivity index (χ3n) is 10.5. The fraction of sp³-hybridized carbons (Fsp3) is 0.960. The number of esters is 1. The number of hydrogen-bond acceptors (Lipinski definition) is 6. The number of ether oxygens (including phenoxy) is 1. The Bertz CT molecular complexity index is 683. The quantitative estimate of drug-likeness (QED) is 0.503. The van der Waals surface area contributed by atoms with Gasteiger partial charge in [0.05, 0.1) is 25.4 Å². The van der Waals surface area contributed by atoms with Crippen molar-refractivity contribution in [2.45, 2.75) is 96.6 Å². The molecule has 4 rings (SSSR count). The highest BCUT2D eigenvalue weighted by Crippen LogP contribution is 2.68. The lowest BCUT2D eigenvalue weighted by Gasteiger charge is -2.62. The number of aliphatic hydroxyl groups is 4. The van der Waals surface area contributed by atoms with E-state index in [0.717, 1.165) is 38.5 Å². The van der Waals surface area contributed by atoms with Crippen molar-refractivity contribution < 1.29 is 30.0 Å². The van der Waals surface area contributed by atoms with E-state index in [0.29, 0.717) is 24.7 Å². The van der Waals surface area contributed by atoms with Crippen molar-refractivity contribution >= 4 is 5.97 Å². The highest BCUT2D eigenvalue weighted by Gasteiger charge is 2.65. The molecule has 0 aromatic carbocycles. The van der Waals surface area contributed by atoms with Gasteiger partial charge in [0.1, 0.15) is 0 Å². The molecular weight excluding hydrogens is 396 g/mol. The number of carbonyl (C=O) groups is 1. The van der Waals surface area contributed by atoms with Gasteiger partial charge in [0, 0.05) is 0 Å². The van der Waals surface area contributed by atoms with E-state index in [1.54, 1.807) is 0 Å². The summed E-state index contributed by atoms with van der Waals surface area (Å²) in [5.74, 6) is 0.498. The molecule has 0 aliphatic heterocycles. The minimum absolute atomic E-state index is 0.0357. The Morgan fingerprint density at radius 2 is 1.71 bits per heavy atom. The Balaban J connectivity index is 1.58. The average molecular weight is 439 g/mol. The first-order valence-corrected chi connectivity index (χ1v) is 12.3. The molecule has 0 bridgehead atoms. The van der Waals surface area contributed by atoms with Crippen molar-refractivity contribution in [3.63, 3.8) is 0 Å². The first kappa shape index (κ1) is 23.5. The van der Waals surface area contributed by atoms with E-state index in [-0.39, 0.29) is 40.6 Å². The Labute approximate surface area is 186 Å². The smallest absolute Gasteiger partial charge is 0.334 e. The van der Waals surface area contributed by atoms with Crippen molar-refractivity contribution in [2.24, 2.45) is 46.3 Å². The molecule has 0 aromatic rings. The lowest BCUT2D eigenvalue weighted by atomic mass is 9.43. The van der Waals surface area contributed by atoms with E-state index in [1.165, 1.54) is 7.11 Å². The second-order valence-corrected chi connectivity index (χ2v) is 11.8. The molecule has 4 unspecified atom stereocenters. The van der Waals surface area contributed by atoms with Gasteiger partial charge in [-0.1, -0.05) is 20.8 Å². The fourth-order valence-corrected chi connectivity index (χ4v) is 8.93. The monoisotopic (exact) mass is 438 g/mol. The standard InChI is InChI=1S/C25H42O6/c1-13(9-20(29)23(30)31-4)17-12-19(28)22-21-16(6-8-25(17,22)3)24(2)7-5-15(26)10-14(24)11-18(21)27/h13-22,26-29H,5-12H2,1-4H3/t13-,14+,15-,16?,17?,18?,19+,20+,21?,22+,24+,25-/m1/s1. The molecule has 6 heteroatoms. The number of rotatable bonds is 4. The summed E-state index contributed by atoms with van der Waals surface area (Å²) in [5, 5.41) is 43.0. The van der Waals surface area contributed by atoms with E-state index in [9.17, 15) is 25.2 Å². The van der Waals surface area contributed by atoms with E-state index < -0.39 is 24.3 Å². The molecule has 0 saturated heterocycles. The van der Waals surface area contributed by atoms with Crippen molar-refractivity contribution in [1.82, 2.24) is 0 Å². The molecule has 178 valence electrons. The molecule has 0 heterocycles. The lowest BCUT2D eigenvalue weighted by Crippen LogP contribution is -2.60. The van der Waals surface area contributed by atoms with E-state index in [1.807, 2.05) is 0 Å². The van der Waals surface area contributed by atoms with Gasteiger partial charge in [-0.2, -0.15) is 0 Å². The number of aliphatic hydroxyl groups excluding tert-OH is 4.